The second-order valence-electron chi connectivity index (χ2n) is 2.46. The molecule has 6 nitrogen and oxygen atoms in total. The van der Waals surface area contributed by atoms with E-state index in [2.05, 4.69) is 5.32 Å². The number of carbonyl (C=O) groups is 1. The Morgan fingerprint density at radius 3 is 2.54 bits per heavy atom. The number of carbonyl (C=O) groups excluding carboxylic acids is 1. The lowest BCUT2D eigenvalue weighted by atomic mass is 10.2. The molecule has 0 rings (SSSR count). The van der Waals surface area contributed by atoms with Crippen LogP contribution in [0.2, 0.25) is 0 Å². The fraction of sp³-hybridized carbons (Fsp3) is 0.714. The van der Waals surface area contributed by atoms with Gasteiger partial charge in [-0.05, 0) is 0 Å². The van der Waals surface area contributed by atoms with Crippen molar-refractivity contribution in [3.05, 3.63) is 0 Å². The van der Waals surface area contributed by atoms with Gasteiger partial charge < -0.3 is 20.6 Å². The quantitative estimate of drug-likeness (QED) is 0.388. The molecule has 2 atom stereocenters. The van der Waals surface area contributed by atoms with Crippen LogP contribution in [0.25, 0.3) is 0 Å². The summed E-state index contributed by atoms with van der Waals surface area (Å²) in [6.07, 6.45) is -2.78. The third kappa shape index (κ3) is 5.14. The predicted molar refractivity (Wildman–Crippen MR) is 42.3 cm³/mol. The van der Waals surface area contributed by atoms with Crippen molar-refractivity contribution in [3.8, 4) is 6.07 Å². The highest BCUT2D eigenvalue weighted by molar-refractivity contribution is 5.77. The Morgan fingerprint density at radius 1 is 1.46 bits per heavy atom. The Labute approximate surface area is 75.4 Å². The Bertz CT molecular complexity index is 201. The lowest BCUT2D eigenvalue weighted by Gasteiger charge is -2.15. The molecule has 0 saturated carbocycles. The van der Waals surface area contributed by atoms with E-state index in [0.29, 0.717) is 0 Å². The summed E-state index contributed by atoms with van der Waals surface area (Å²) in [6, 6.07) is 1.63. The molecule has 0 heterocycles. The van der Waals surface area contributed by atoms with Crippen LogP contribution in [0.3, 0.4) is 0 Å². The first-order valence-corrected chi connectivity index (χ1v) is 3.72. The first-order chi connectivity index (χ1) is 6.11. The monoisotopic (exact) mass is 188 g/mol. The van der Waals surface area contributed by atoms with Crippen LogP contribution in [-0.4, -0.2) is 46.6 Å². The Hall–Kier alpha value is -1.16. The molecule has 0 aromatic carbocycles. The fourth-order valence-electron chi connectivity index (χ4n) is 0.610. The van der Waals surface area contributed by atoms with Crippen LogP contribution in [0.4, 0.5) is 0 Å². The molecule has 4 N–H and O–H groups in total. The molecule has 0 aliphatic carbocycles. The smallest absolute Gasteiger partial charge is 0.234 e. The van der Waals surface area contributed by atoms with Crippen LogP contribution in [-0.2, 0) is 4.79 Å². The summed E-state index contributed by atoms with van der Waals surface area (Å²) < 4.78 is 0. The van der Waals surface area contributed by atoms with E-state index in [0.717, 1.165) is 0 Å². The van der Waals surface area contributed by atoms with E-state index in [1.807, 2.05) is 0 Å². The highest BCUT2D eigenvalue weighted by atomic mass is 16.4. The molecule has 0 radical (unpaired) electrons. The lowest BCUT2D eigenvalue weighted by Crippen LogP contribution is -2.40. The zero-order valence-corrected chi connectivity index (χ0v) is 6.97. The van der Waals surface area contributed by atoms with Crippen molar-refractivity contribution in [2.45, 2.75) is 18.6 Å². The van der Waals surface area contributed by atoms with E-state index >= 15 is 0 Å². The van der Waals surface area contributed by atoms with Gasteiger partial charge >= 0.3 is 0 Å². The molecule has 0 aliphatic heterocycles. The van der Waals surface area contributed by atoms with E-state index in [4.69, 9.17) is 20.6 Å². The van der Waals surface area contributed by atoms with Gasteiger partial charge in [0.25, 0.3) is 0 Å². The molecule has 0 bridgehead atoms. The first-order valence-electron chi connectivity index (χ1n) is 3.72. The fourth-order valence-corrected chi connectivity index (χ4v) is 0.610. The molecular weight excluding hydrogens is 176 g/mol. The van der Waals surface area contributed by atoms with E-state index in [-0.39, 0.29) is 13.0 Å². The topological polar surface area (TPSA) is 114 Å². The Kier molecular flexibility index (Phi) is 5.80. The van der Waals surface area contributed by atoms with Crippen LogP contribution >= 0.6 is 0 Å². The summed E-state index contributed by atoms with van der Waals surface area (Å²) in [5.41, 5.74) is 0. The average Bonchev–Trinajstić information content (AvgIpc) is 2.13. The van der Waals surface area contributed by atoms with Gasteiger partial charge in [-0.25, -0.2) is 0 Å². The number of rotatable bonds is 5. The number of aliphatic hydroxyl groups excluding tert-OH is 3. The zero-order chi connectivity index (χ0) is 10.3. The number of aliphatic hydroxyl groups is 3. The van der Waals surface area contributed by atoms with Crippen LogP contribution in [0.1, 0.15) is 6.42 Å². The minimum Gasteiger partial charge on any atom is -0.394 e. The minimum atomic E-state index is -1.28. The van der Waals surface area contributed by atoms with Gasteiger partial charge in [-0.15, -0.1) is 0 Å². The third-order valence-electron chi connectivity index (χ3n) is 1.38. The van der Waals surface area contributed by atoms with Crippen molar-refractivity contribution >= 4 is 5.91 Å². The van der Waals surface area contributed by atoms with E-state index in [1.165, 1.54) is 0 Å². The highest BCUT2D eigenvalue weighted by Gasteiger charge is 2.15. The zero-order valence-electron chi connectivity index (χ0n) is 6.97. The van der Waals surface area contributed by atoms with Crippen molar-refractivity contribution in [2.24, 2.45) is 0 Å². The van der Waals surface area contributed by atoms with Crippen molar-refractivity contribution < 1.29 is 20.1 Å². The molecule has 13 heavy (non-hydrogen) atoms. The van der Waals surface area contributed by atoms with Crippen molar-refractivity contribution in [1.29, 1.82) is 5.26 Å². The molecule has 1 amide bonds. The Balaban J connectivity index is 3.64. The van der Waals surface area contributed by atoms with Crippen LogP contribution < -0.4 is 5.32 Å². The van der Waals surface area contributed by atoms with Gasteiger partial charge in [-0.1, -0.05) is 0 Å². The summed E-state index contributed by atoms with van der Waals surface area (Å²) in [5, 5.41) is 36.6. The molecule has 0 aromatic rings. The van der Waals surface area contributed by atoms with E-state index in [1.54, 1.807) is 6.07 Å². The molecule has 0 aromatic heterocycles. The van der Waals surface area contributed by atoms with Crippen LogP contribution in [0.15, 0.2) is 0 Å². The van der Waals surface area contributed by atoms with Gasteiger partial charge in [0.15, 0.2) is 0 Å². The standard InChI is InChI=1S/C7H12N2O4/c8-2-1-7(13)9-3-5(11)6(12)4-10/h5-6,10-12H,1,3-4H2,(H,9,13). The summed E-state index contributed by atoms with van der Waals surface area (Å²) in [7, 11) is 0. The molecule has 0 fully saturated rings. The van der Waals surface area contributed by atoms with Gasteiger partial charge in [0.05, 0.1) is 18.8 Å². The second-order valence-corrected chi connectivity index (χ2v) is 2.46. The summed E-state index contributed by atoms with van der Waals surface area (Å²) >= 11 is 0. The predicted octanol–water partition coefficient (Wildman–Crippen LogP) is -2.27. The van der Waals surface area contributed by atoms with Gasteiger partial charge in [0, 0.05) is 6.54 Å². The maximum absolute atomic E-state index is 10.7. The van der Waals surface area contributed by atoms with Gasteiger partial charge in [0.1, 0.15) is 12.5 Å². The van der Waals surface area contributed by atoms with Crippen molar-refractivity contribution in [2.75, 3.05) is 13.2 Å². The number of nitrogens with zero attached hydrogens (tertiary/aromatic N) is 1. The summed E-state index contributed by atoms with van der Waals surface area (Å²) in [6.45, 7) is -0.752. The summed E-state index contributed by atoms with van der Waals surface area (Å²) in [5.74, 6) is -0.522. The van der Waals surface area contributed by atoms with Crippen LogP contribution in [0.5, 0.6) is 0 Å². The lowest BCUT2D eigenvalue weighted by molar-refractivity contribution is -0.121. The van der Waals surface area contributed by atoms with Crippen molar-refractivity contribution in [1.82, 2.24) is 5.32 Å². The SMILES string of the molecule is N#CCC(=O)NCC(O)C(O)CO. The molecule has 0 spiro atoms. The maximum atomic E-state index is 10.7. The van der Waals surface area contributed by atoms with E-state index < -0.39 is 24.7 Å². The normalized spacial score (nSPS) is 14.3. The molecule has 2 unspecified atom stereocenters. The number of hydrogen-bond acceptors (Lipinski definition) is 5. The largest absolute Gasteiger partial charge is 0.394 e. The Morgan fingerprint density at radius 2 is 2.08 bits per heavy atom. The number of nitrogens with one attached hydrogen (secondary N) is 1. The number of hydrogen-bond donors (Lipinski definition) is 4. The van der Waals surface area contributed by atoms with Crippen molar-refractivity contribution in [3.63, 3.8) is 0 Å². The molecule has 0 saturated heterocycles. The molecular formula is C7H12N2O4. The van der Waals surface area contributed by atoms with Gasteiger partial charge in [-0.3, -0.25) is 4.79 Å². The second kappa shape index (κ2) is 6.37. The highest BCUT2D eigenvalue weighted by Crippen LogP contribution is 1.90. The minimum absolute atomic E-state index is 0.178. The molecule has 74 valence electrons. The maximum Gasteiger partial charge on any atom is 0.234 e. The average molecular weight is 188 g/mol. The first kappa shape index (κ1) is 11.8. The van der Waals surface area contributed by atoms with E-state index in [9.17, 15) is 4.79 Å². The van der Waals surface area contributed by atoms with Gasteiger partial charge in [0.2, 0.25) is 5.91 Å². The van der Waals surface area contributed by atoms with Crippen LogP contribution in [0, 0.1) is 11.3 Å². The van der Waals surface area contributed by atoms with Gasteiger partial charge in [-0.2, -0.15) is 5.26 Å². The number of amides is 1. The third-order valence-corrected chi connectivity index (χ3v) is 1.38. The molecule has 6 heteroatoms. The summed E-state index contributed by atoms with van der Waals surface area (Å²) in [4.78, 5) is 10.7. The number of nitriles is 1. The molecule has 0 aliphatic rings.